The van der Waals surface area contributed by atoms with Crippen LogP contribution in [0.5, 0.6) is 11.5 Å². The van der Waals surface area contributed by atoms with Gasteiger partial charge in [0.25, 0.3) is 0 Å². The molecule has 4 nitrogen and oxygen atoms in total. The molecule has 0 aromatic heterocycles. The molecule has 0 spiro atoms. The van der Waals surface area contributed by atoms with Gasteiger partial charge in [-0.1, -0.05) is 0 Å². The number of hydrogen-bond donors (Lipinski definition) is 2. The quantitative estimate of drug-likeness (QED) is 0.563. The van der Waals surface area contributed by atoms with E-state index in [4.69, 9.17) is 20.9 Å². The number of fused-ring (bicyclic) bond motifs is 1. The zero-order valence-corrected chi connectivity index (χ0v) is 6.70. The first-order valence-corrected chi connectivity index (χ1v) is 3.70. The second-order valence-corrected chi connectivity index (χ2v) is 2.71. The highest BCUT2D eigenvalue weighted by Gasteiger charge is 2.24. The Morgan fingerprint density at radius 2 is 1.50 bits per heavy atom. The number of ether oxygens (including phenoxy) is 2. The van der Waals surface area contributed by atoms with E-state index in [1.54, 1.807) is 19.1 Å². The highest BCUT2D eigenvalue weighted by Crippen LogP contribution is 2.43. The Hall–Kier alpha value is -1.58. The molecule has 64 valence electrons. The van der Waals surface area contributed by atoms with Crippen LogP contribution in [0.1, 0.15) is 6.92 Å². The molecule has 0 saturated carbocycles. The van der Waals surface area contributed by atoms with Crippen molar-refractivity contribution in [3.63, 3.8) is 0 Å². The monoisotopic (exact) mass is 166 g/mol. The summed E-state index contributed by atoms with van der Waals surface area (Å²) in [4.78, 5) is 0. The highest BCUT2D eigenvalue weighted by molar-refractivity contribution is 5.71. The van der Waals surface area contributed by atoms with Crippen molar-refractivity contribution in [3.8, 4) is 11.5 Å². The summed E-state index contributed by atoms with van der Waals surface area (Å²) in [5.41, 5.74) is 12.4. The molecule has 0 aliphatic carbocycles. The molecule has 1 heterocycles. The van der Waals surface area contributed by atoms with Crippen molar-refractivity contribution in [1.82, 2.24) is 0 Å². The van der Waals surface area contributed by atoms with E-state index in [1.165, 1.54) is 0 Å². The van der Waals surface area contributed by atoms with Crippen LogP contribution in [0.2, 0.25) is 0 Å². The van der Waals surface area contributed by atoms with Crippen molar-refractivity contribution in [2.24, 2.45) is 0 Å². The van der Waals surface area contributed by atoms with Gasteiger partial charge in [0.2, 0.25) is 6.29 Å². The summed E-state index contributed by atoms with van der Waals surface area (Å²) in [5.74, 6) is 1.12. The first kappa shape index (κ1) is 7.09. The van der Waals surface area contributed by atoms with Crippen molar-refractivity contribution < 1.29 is 9.47 Å². The minimum Gasteiger partial charge on any atom is -0.449 e. The Labute approximate surface area is 70.1 Å². The lowest BCUT2D eigenvalue weighted by molar-refractivity contribution is 0.0686. The van der Waals surface area contributed by atoms with Crippen LogP contribution < -0.4 is 20.9 Å². The fourth-order valence-electron chi connectivity index (χ4n) is 1.19. The molecule has 4 N–H and O–H groups in total. The number of rotatable bonds is 0. The standard InChI is InChI=1S/C8H10N2O2/c1-4-11-7-5(9)2-3-6(10)8(7)12-4/h2-4H,9-10H2,1H3. The summed E-state index contributed by atoms with van der Waals surface area (Å²) < 4.78 is 10.6. The Morgan fingerprint density at radius 1 is 1.08 bits per heavy atom. The molecule has 4 heteroatoms. The maximum Gasteiger partial charge on any atom is 0.239 e. The topological polar surface area (TPSA) is 70.5 Å². The van der Waals surface area contributed by atoms with Gasteiger partial charge >= 0.3 is 0 Å². The van der Waals surface area contributed by atoms with E-state index in [0.29, 0.717) is 22.9 Å². The van der Waals surface area contributed by atoms with Crippen LogP contribution in [0.3, 0.4) is 0 Å². The Morgan fingerprint density at radius 3 is 1.92 bits per heavy atom. The fourth-order valence-corrected chi connectivity index (χ4v) is 1.19. The third-order valence-electron chi connectivity index (χ3n) is 1.74. The van der Waals surface area contributed by atoms with Crippen molar-refractivity contribution in [2.45, 2.75) is 13.2 Å². The van der Waals surface area contributed by atoms with Crippen LogP contribution in [0, 0.1) is 0 Å². The van der Waals surface area contributed by atoms with Gasteiger partial charge in [-0.25, -0.2) is 0 Å². The van der Waals surface area contributed by atoms with Crippen LogP contribution in [0.15, 0.2) is 12.1 Å². The van der Waals surface area contributed by atoms with E-state index in [1.807, 2.05) is 0 Å². The van der Waals surface area contributed by atoms with Gasteiger partial charge in [-0.2, -0.15) is 0 Å². The van der Waals surface area contributed by atoms with Crippen LogP contribution in [-0.2, 0) is 0 Å². The van der Waals surface area contributed by atoms with Crippen molar-refractivity contribution >= 4 is 11.4 Å². The van der Waals surface area contributed by atoms with Crippen LogP contribution in [0.4, 0.5) is 11.4 Å². The molecule has 12 heavy (non-hydrogen) atoms. The zero-order chi connectivity index (χ0) is 8.72. The minimum absolute atomic E-state index is 0.299. The summed E-state index contributed by atoms with van der Waals surface area (Å²) in [6, 6.07) is 3.41. The lowest BCUT2D eigenvalue weighted by atomic mass is 10.2. The fraction of sp³-hybridized carbons (Fsp3) is 0.250. The first-order valence-electron chi connectivity index (χ1n) is 3.70. The molecule has 0 atom stereocenters. The number of anilines is 2. The van der Waals surface area contributed by atoms with Crippen molar-refractivity contribution in [1.29, 1.82) is 0 Å². The molecule has 0 bridgehead atoms. The van der Waals surface area contributed by atoms with Gasteiger partial charge < -0.3 is 20.9 Å². The van der Waals surface area contributed by atoms with E-state index in [-0.39, 0.29) is 6.29 Å². The third-order valence-corrected chi connectivity index (χ3v) is 1.74. The van der Waals surface area contributed by atoms with Gasteiger partial charge in [0, 0.05) is 6.92 Å². The number of nitrogens with two attached hydrogens (primary N) is 2. The maximum absolute atomic E-state index is 5.64. The predicted octanol–water partition coefficient (Wildman–Crippen LogP) is 0.968. The lowest BCUT2D eigenvalue weighted by Crippen LogP contribution is -2.11. The summed E-state index contributed by atoms with van der Waals surface area (Å²) in [7, 11) is 0. The number of benzene rings is 1. The van der Waals surface area contributed by atoms with Gasteiger partial charge in [-0.3, -0.25) is 0 Å². The summed E-state index contributed by atoms with van der Waals surface area (Å²) in [6.45, 7) is 1.79. The van der Waals surface area contributed by atoms with Crippen LogP contribution in [-0.4, -0.2) is 6.29 Å². The molecule has 1 aromatic carbocycles. The van der Waals surface area contributed by atoms with Gasteiger partial charge in [0.1, 0.15) is 0 Å². The average Bonchev–Trinajstić information content (AvgIpc) is 2.41. The average molecular weight is 166 g/mol. The second kappa shape index (κ2) is 2.20. The van der Waals surface area contributed by atoms with Gasteiger partial charge in [0.05, 0.1) is 11.4 Å². The Kier molecular flexibility index (Phi) is 1.30. The van der Waals surface area contributed by atoms with Crippen molar-refractivity contribution in [3.05, 3.63) is 12.1 Å². The summed E-state index contributed by atoms with van der Waals surface area (Å²) in [6.07, 6.45) is -0.299. The molecule has 0 fully saturated rings. The van der Waals surface area contributed by atoms with Gasteiger partial charge in [-0.05, 0) is 12.1 Å². The Balaban J connectivity index is 2.56. The molecule has 0 saturated heterocycles. The van der Waals surface area contributed by atoms with Crippen molar-refractivity contribution in [2.75, 3.05) is 11.5 Å². The SMILES string of the molecule is CC1Oc2c(N)ccc(N)c2O1. The lowest BCUT2D eigenvalue weighted by Gasteiger charge is -2.01. The molecule has 0 amide bonds. The molecule has 2 rings (SSSR count). The maximum atomic E-state index is 5.64. The Bertz CT molecular complexity index is 294. The smallest absolute Gasteiger partial charge is 0.239 e. The normalized spacial score (nSPS) is 15.1. The molecule has 1 aliphatic rings. The van der Waals surface area contributed by atoms with E-state index >= 15 is 0 Å². The van der Waals surface area contributed by atoms with E-state index in [2.05, 4.69) is 0 Å². The van der Waals surface area contributed by atoms with E-state index in [9.17, 15) is 0 Å². The molecule has 0 radical (unpaired) electrons. The summed E-state index contributed by atoms with van der Waals surface area (Å²) >= 11 is 0. The molecule has 1 aromatic rings. The van der Waals surface area contributed by atoms with Crippen LogP contribution >= 0.6 is 0 Å². The molecular weight excluding hydrogens is 156 g/mol. The highest BCUT2D eigenvalue weighted by atomic mass is 16.7. The number of nitrogen functional groups attached to an aromatic ring is 2. The summed E-state index contributed by atoms with van der Waals surface area (Å²) in [5, 5.41) is 0. The molecule has 1 aliphatic heterocycles. The van der Waals surface area contributed by atoms with Gasteiger partial charge in [-0.15, -0.1) is 0 Å². The number of hydrogen-bond acceptors (Lipinski definition) is 4. The minimum atomic E-state index is -0.299. The third kappa shape index (κ3) is 0.845. The van der Waals surface area contributed by atoms with Gasteiger partial charge in [0.15, 0.2) is 11.5 Å². The van der Waals surface area contributed by atoms with E-state index in [0.717, 1.165) is 0 Å². The second-order valence-electron chi connectivity index (χ2n) is 2.71. The zero-order valence-electron chi connectivity index (χ0n) is 6.70. The predicted molar refractivity (Wildman–Crippen MR) is 46.0 cm³/mol. The van der Waals surface area contributed by atoms with E-state index < -0.39 is 0 Å². The molecular formula is C8H10N2O2. The van der Waals surface area contributed by atoms with Crippen LogP contribution in [0.25, 0.3) is 0 Å². The largest absolute Gasteiger partial charge is 0.449 e. The first-order chi connectivity index (χ1) is 5.68. The molecule has 0 unspecified atom stereocenters.